The summed E-state index contributed by atoms with van der Waals surface area (Å²) >= 11 is 0. The van der Waals surface area contributed by atoms with Gasteiger partial charge in [-0.25, -0.2) is 0 Å². The number of ether oxygens (including phenoxy) is 1. The van der Waals surface area contributed by atoms with Crippen LogP contribution in [0.1, 0.15) is 100 Å². The molecule has 1 aliphatic heterocycles. The van der Waals surface area contributed by atoms with Crippen LogP contribution in [0.15, 0.2) is 29.4 Å². The fourth-order valence-electron chi connectivity index (χ4n) is 4.93. The SMILES string of the molecule is CC[Si](CC)(CC)OC1Cc2c(O)cc(C=O)c(C=O)c2O[C@@]1(C)CC/C=C(\C)CCC=C(C)C. The average Bonchev–Trinajstić information content (AvgIpc) is 2.82. The van der Waals surface area contributed by atoms with Crippen molar-refractivity contribution < 1.29 is 23.9 Å². The Labute approximate surface area is 212 Å². The van der Waals surface area contributed by atoms with E-state index in [1.165, 1.54) is 17.2 Å². The lowest BCUT2D eigenvalue weighted by Crippen LogP contribution is -2.55. The maximum atomic E-state index is 11.9. The Morgan fingerprint density at radius 3 is 2.31 bits per heavy atom. The molecule has 194 valence electrons. The van der Waals surface area contributed by atoms with E-state index >= 15 is 0 Å². The topological polar surface area (TPSA) is 72.8 Å². The third-order valence-electron chi connectivity index (χ3n) is 7.63. The number of hydrogen-bond donors (Lipinski definition) is 1. The van der Waals surface area contributed by atoms with Gasteiger partial charge in [0, 0.05) is 17.5 Å². The highest BCUT2D eigenvalue weighted by Crippen LogP contribution is 2.45. The number of carbonyl (C=O) groups is 2. The minimum absolute atomic E-state index is 0.0184. The largest absolute Gasteiger partial charge is 0.508 e. The molecule has 1 heterocycles. The van der Waals surface area contributed by atoms with Gasteiger partial charge in [0.1, 0.15) is 17.1 Å². The van der Waals surface area contributed by atoms with Crippen LogP contribution in [0, 0.1) is 0 Å². The van der Waals surface area contributed by atoms with Crippen LogP contribution < -0.4 is 4.74 Å². The van der Waals surface area contributed by atoms with Gasteiger partial charge in [0.25, 0.3) is 0 Å². The van der Waals surface area contributed by atoms with E-state index in [4.69, 9.17) is 9.16 Å². The molecule has 0 fully saturated rings. The van der Waals surface area contributed by atoms with Crippen molar-refractivity contribution in [1.29, 1.82) is 0 Å². The zero-order valence-electron chi connectivity index (χ0n) is 22.7. The standard InChI is InChI=1S/C29H44O5Si/c1-8-35(9-2,10-3)34-27-18-24-26(32)17-23(19-30)25(20-31)28(24)33-29(27,7)16-12-15-22(6)14-11-13-21(4)5/h13,15,17,19-20,27,32H,8-12,14,16,18H2,1-7H3/b22-15+/t27?,29-/m0/s1. The normalized spacial score (nSPS) is 20.1. The monoisotopic (exact) mass is 500 g/mol. The number of hydrogen-bond acceptors (Lipinski definition) is 5. The van der Waals surface area contributed by atoms with Gasteiger partial charge in [-0.15, -0.1) is 0 Å². The third kappa shape index (κ3) is 6.95. The smallest absolute Gasteiger partial charge is 0.192 e. The van der Waals surface area contributed by atoms with Gasteiger partial charge in [-0.05, 0) is 77.6 Å². The molecule has 1 N–H and O–H groups in total. The fourth-order valence-corrected chi connectivity index (χ4v) is 7.87. The van der Waals surface area contributed by atoms with Gasteiger partial charge in [-0.2, -0.15) is 0 Å². The molecule has 0 saturated heterocycles. The Morgan fingerprint density at radius 2 is 1.77 bits per heavy atom. The van der Waals surface area contributed by atoms with E-state index in [0.29, 0.717) is 36.7 Å². The second-order valence-electron chi connectivity index (χ2n) is 10.3. The van der Waals surface area contributed by atoms with Crippen molar-refractivity contribution in [1.82, 2.24) is 0 Å². The summed E-state index contributed by atoms with van der Waals surface area (Å²) in [6.45, 7) is 15.0. The third-order valence-corrected chi connectivity index (χ3v) is 12.3. The maximum absolute atomic E-state index is 11.9. The summed E-state index contributed by atoms with van der Waals surface area (Å²) in [4.78, 5) is 23.5. The summed E-state index contributed by atoms with van der Waals surface area (Å²) in [6, 6.07) is 4.40. The highest BCUT2D eigenvalue weighted by Gasteiger charge is 2.47. The van der Waals surface area contributed by atoms with Crippen molar-refractivity contribution in [3.05, 3.63) is 46.1 Å². The van der Waals surface area contributed by atoms with Crippen molar-refractivity contribution in [2.45, 2.75) is 110 Å². The molecular weight excluding hydrogens is 456 g/mol. The Balaban J connectivity index is 2.42. The first kappa shape index (κ1) is 29.0. The predicted octanol–water partition coefficient (Wildman–Crippen LogP) is 7.57. The van der Waals surface area contributed by atoms with Crippen LogP contribution in [0.4, 0.5) is 0 Å². The van der Waals surface area contributed by atoms with Gasteiger partial charge in [0.15, 0.2) is 20.9 Å². The molecule has 2 rings (SSSR count). The van der Waals surface area contributed by atoms with Gasteiger partial charge in [0.2, 0.25) is 0 Å². The number of rotatable bonds is 13. The molecule has 0 aromatic heterocycles. The van der Waals surface area contributed by atoms with Gasteiger partial charge < -0.3 is 14.3 Å². The minimum Gasteiger partial charge on any atom is -0.508 e. The Bertz CT molecular complexity index is 948. The second-order valence-corrected chi connectivity index (χ2v) is 15.0. The van der Waals surface area contributed by atoms with Crippen LogP contribution in [0.2, 0.25) is 18.1 Å². The molecule has 0 bridgehead atoms. The van der Waals surface area contributed by atoms with Crippen LogP contribution in [0.5, 0.6) is 11.5 Å². The quantitative estimate of drug-likeness (QED) is 0.172. The average molecular weight is 501 g/mol. The van der Waals surface area contributed by atoms with Gasteiger partial charge in [0.05, 0.1) is 11.7 Å². The molecule has 35 heavy (non-hydrogen) atoms. The number of carbonyl (C=O) groups excluding carboxylic acids is 2. The minimum atomic E-state index is -1.97. The lowest BCUT2D eigenvalue weighted by molar-refractivity contribution is -0.0515. The zero-order valence-corrected chi connectivity index (χ0v) is 23.7. The summed E-state index contributed by atoms with van der Waals surface area (Å²) in [5.41, 5.74) is 2.89. The first-order valence-corrected chi connectivity index (χ1v) is 15.6. The molecule has 1 aromatic rings. The summed E-state index contributed by atoms with van der Waals surface area (Å²) < 4.78 is 13.5. The molecule has 6 heteroatoms. The molecule has 0 amide bonds. The Kier molecular flexibility index (Phi) is 10.5. The first-order chi connectivity index (χ1) is 16.6. The number of allylic oxidation sites excluding steroid dienone is 4. The number of fused-ring (bicyclic) bond motifs is 1. The van der Waals surface area contributed by atoms with Crippen molar-refractivity contribution >= 4 is 20.9 Å². The molecule has 0 aliphatic carbocycles. The molecule has 5 nitrogen and oxygen atoms in total. The van der Waals surface area contributed by atoms with E-state index in [0.717, 1.165) is 37.4 Å². The number of phenols is 1. The molecule has 0 spiro atoms. The van der Waals surface area contributed by atoms with Crippen LogP contribution in [0.25, 0.3) is 0 Å². The Hall–Kier alpha value is -2.18. The van der Waals surface area contributed by atoms with E-state index in [-0.39, 0.29) is 23.0 Å². The number of aldehydes is 2. The van der Waals surface area contributed by atoms with E-state index in [2.05, 4.69) is 53.7 Å². The number of benzene rings is 1. The van der Waals surface area contributed by atoms with Crippen LogP contribution >= 0.6 is 0 Å². The first-order valence-electron chi connectivity index (χ1n) is 13.0. The Morgan fingerprint density at radius 1 is 1.11 bits per heavy atom. The lowest BCUT2D eigenvalue weighted by Gasteiger charge is -2.46. The summed E-state index contributed by atoms with van der Waals surface area (Å²) in [5.74, 6) is 0.306. The van der Waals surface area contributed by atoms with E-state index in [1.807, 2.05) is 6.92 Å². The van der Waals surface area contributed by atoms with Crippen LogP contribution in [-0.4, -0.2) is 37.7 Å². The summed E-state index contributed by atoms with van der Waals surface area (Å²) in [6.07, 6.45) is 9.57. The molecule has 0 saturated carbocycles. The molecule has 1 aromatic carbocycles. The van der Waals surface area contributed by atoms with Crippen LogP contribution in [0.3, 0.4) is 0 Å². The van der Waals surface area contributed by atoms with Crippen LogP contribution in [-0.2, 0) is 10.8 Å². The predicted molar refractivity (Wildman–Crippen MR) is 145 cm³/mol. The van der Waals surface area contributed by atoms with Crippen molar-refractivity contribution in [2.75, 3.05) is 0 Å². The molecule has 0 radical (unpaired) electrons. The van der Waals surface area contributed by atoms with Crippen molar-refractivity contribution in [3.8, 4) is 11.5 Å². The zero-order chi connectivity index (χ0) is 26.2. The van der Waals surface area contributed by atoms with Crippen molar-refractivity contribution in [2.24, 2.45) is 0 Å². The van der Waals surface area contributed by atoms with Crippen molar-refractivity contribution in [3.63, 3.8) is 0 Å². The highest BCUT2D eigenvalue weighted by molar-refractivity contribution is 6.73. The fraction of sp³-hybridized carbons (Fsp3) is 0.586. The molecule has 1 aliphatic rings. The maximum Gasteiger partial charge on any atom is 0.192 e. The number of phenolic OH excluding ortho intramolecular Hbond substituents is 1. The van der Waals surface area contributed by atoms with Gasteiger partial charge in [-0.3, -0.25) is 9.59 Å². The summed E-state index contributed by atoms with van der Waals surface area (Å²) in [7, 11) is -1.97. The van der Waals surface area contributed by atoms with E-state index in [1.54, 1.807) is 0 Å². The molecule has 2 atom stereocenters. The van der Waals surface area contributed by atoms with Gasteiger partial charge in [-0.1, -0.05) is 44.1 Å². The lowest BCUT2D eigenvalue weighted by atomic mass is 9.84. The van der Waals surface area contributed by atoms with Gasteiger partial charge >= 0.3 is 0 Å². The highest BCUT2D eigenvalue weighted by atomic mass is 28.4. The second kappa shape index (κ2) is 12.7. The van der Waals surface area contributed by atoms with E-state index < -0.39 is 13.9 Å². The molecular formula is C29H44O5Si. The number of aromatic hydroxyl groups is 1. The van der Waals surface area contributed by atoms with E-state index in [9.17, 15) is 14.7 Å². The summed E-state index contributed by atoms with van der Waals surface area (Å²) in [5, 5.41) is 10.7. The molecule has 1 unspecified atom stereocenters.